The molecule has 4 nitrogen and oxygen atoms in total. The second-order valence-electron chi connectivity index (χ2n) is 4.47. The SMILES string of the molecule is COc1cc(C#N)ccc1OCC1(CN)CC1. The van der Waals surface area contributed by atoms with Crippen LogP contribution in [0.15, 0.2) is 18.2 Å². The zero-order valence-corrected chi connectivity index (χ0v) is 9.90. The number of ether oxygens (including phenoxy) is 2. The molecular weight excluding hydrogens is 216 g/mol. The molecule has 0 aromatic heterocycles. The molecule has 17 heavy (non-hydrogen) atoms. The molecule has 1 saturated carbocycles. The van der Waals surface area contributed by atoms with Gasteiger partial charge < -0.3 is 15.2 Å². The van der Waals surface area contributed by atoms with Crippen LogP contribution in [0.3, 0.4) is 0 Å². The van der Waals surface area contributed by atoms with Crippen LogP contribution < -0.4 is 15.2 Å². The minimum Gasteiger partial charge on any atom is -0.493 e. The topological polar surface area (TPSA) is 68.3 Å². The molecule has 1 aromatic rings. The second kappa shape index (κ2) is 4.64. The summed E-state index contributed by atoms with van der Waals surface area (Å²) in [6, 6.07) is 7.24. The molecule has 0 radical (unpaired) electrons. The third-order valence-electron chi connectivity index (χ3n) is 3.22. The lowest BCUT2D eigenvalue weighted by Gasteiger charge is -2.15. The van der Waals surface area contributed by atoms with Crippen molar-refractivity contribution in [2.75, 3.05) is 20.3 Å². The van der Waals surface area contributed by atoms with E-state index >= 15 is 0 Å². The normalized spacial score (nSPS) is 16.1. The van der Waals surface area contributed by atoms with Crippen molar-refractivity contribution in [1.29, 1.82) is 5.26 Å². The Balaban J connectivity index is 2.08. The van der Waals surface area contributed by atoms with Crippen LogP contribution in [-0.2, 0) is 0 Å². The first kappa shape index (κ1) is 11.7. The van der Waals surface area contributed by atoms with Gasteiger partial charge in [-0.3, -0.25) is 0 Å². The van der Waals surface area contributed by atoms with E-state index in [2.05, 4.69) is 6.07 Å². The van der Waals surface area contributed by atoms with Crippen molar-refractivity contribution in [3.63, 3.8) is 0 Å². The van der Waals surface area contributed by atoms with Gasteiger partial charge in [-0.25, -0.2) is 0 Å². The number of nitrogens with two attached hydrogens (primary N) is 1. The lowest BCUT2D eigenvalue weighted by atomic mass is 10.1. The first-order chi connectivity index (χ1) is 8.23. The summed E-state index contributed by atoms with van der Waals surface area (Å²) in [6.45, 7) is 1.28. The summed E-state index contributed by atoms with van der Waals surface area (Å²) in [5.74, 6) is 1.27. The Morgan fingerprint density at radius 1 is 1.41 bits per heavy atom. The molecule has 2 N–H and O–H groups in total. The molecule has 0 atom stereocenters. The summed E-state index contributed by atoms with van der Waals surface area (Å²) in [5.41, 5.74) is 6.42. The van der Waals surface area contributed by atoms with Gasteiger partial charge >= 0.3 is 0 Å². The van der Waals surface area contributed by atoms with Crippen LogP contribution in [0.25, 0.3) is 0 Å². The van der Waals surface area contributed by atoms with Crippen molar-refractivity contribution in [3.05, 3.63) is 23.8 Å². The summed E-state index contributed by atoms with van der Waals surface area (Å²) >= 11 is 0. The second-order valence-corrected chi connectivity index (χ2v) is 4.47. The molecule has 0 aliphatic heterocycles. The van der Waals surface area contributed by atoms with E-state index in [0.29, 0.717) is 30.2 Å². The third-order valence-corrected chi connectivity index (χ3v) is 3.22. The maximum absolute atomic E-state index is 8.79. The smallest absolute Gasteiger partial charge is 0.162 e. The number of hydrogen-bond donors (Lipinski definition) is 1. The van der Waals surface area contributed by atoms with Gasteiger partial charge in [-0.15, -0.1) is 0 Å². The highest BCUT2D eigenvalue weighted by Crippen LogP contribution is 2.45. The minimum absolute atomic E-state index is 0.166. The van der Waals surface area contributed by atoms with Crippen molar-refractivity contribution >= 4 is 0 Å². The Bertz CT molecular complexity index is 447. The average molecular weight is 232 g/mol. The van der Waals surface area contributed by atoms with Crippen LogP contribution in [0.1, 0.15) is 18.4 Å². The minimum atomic E-state index is 0.166. The van der Waals surface area contributed by atoms with E-state index in [-0.39, 0.29) is 5.41 Å². The van der Waals surface area contributed by atoms with Crippen LogP contribution in [0.5, 0.6) is 11.5 Å². The Kier molecular flexibility index (Phi) is 3.21. The summed E-state index contributed by atoms with van der Waals surface area (Å²) < 4.78 is 10.9. The van der Waals surface area contributed by atoms with Crippen LogP contribution in [0.2, 0.25) is 0 Å². The third kappa shape index (κ3) is 2.51. The van der Waals surface area contributed by atoms with Crippen LogP contribution in [-0.4, -0.2) is 20.3 Å². The van der Waals surface area contributed by atoms with Crippen molar-refractivity contribution in [1.82, 2.24) is 0 Å². The number of nitrogens with zero attached hydrogens (tertiary/aromatic N) is 1. The Morgan fingerprint density at radius 2 is 2.18 bits per heavy atom. The van der Waals surface area contributed by atoms with E-state index in [1.807, 2.05) is 0 Å². The zero-order chi connectivity index (χ0) is 12.3. The van der Waals surface area contributed by atoms with Crippen molar-refractivity contribution < 1.29 is 9.47 Å². The van der Waals surface area contributed by atoms with Gasteiger partial charge in [-0.2, -0.15) is 5.26 Å². The molecule has 1 aromatic carbocycles. The fourth-order valence-electron chi connectivity index (χ4n) is 1.67. The fraction of sp³-hybridized carbons (Fsp3) is 0.462. The van der Waals surface area contributed by atoms with Crippen LogP contribution in [0.4, 0.5) is 0 Å². The Labute approximate surface area is 101 Å². The molecule has 0 saturated heterocycles. The highest BCUT2D eigenvalue weighted by atomic mass is 16.5. The first-order valence-corrected chi connectivity index (χ1v) is 5.64. The van der Waals surface area contributed by atoms with Gasteiger partial charge in [0.2, 0.25) is 0 Å². The zero-order valence-electron chi connectivity index (χ0n) is 9.90. The molecular formula is C13H16N2O2. The first-order valence-electron chi connectivity index (χ1n) is 5.64. The Morgan fingerprint density at radius 3 is 2.71 bits per heavy atom. The van der Waals surface area contributed by atoms with Gasteiger partial charge in [0.1, 0.15) is 0 Å². The summed E-state index contributed by atoms with van der Waals surface area (Å²) in [7, 11) is 1.57. The highest BCUT2D eigenvalue weighted by Gasteiger charge is 2.42. The standard InChI is InChI=1S/C13H16N2O2/c1-16-12-6-10(7-14)2-3-11(12)17-9-13(8-15)4-5-13/h2-3,6H,4-5,8-9,15H2,1H3. The van der Waals surface area contributed by atoms with Crippen molar-refractivity contribution in [3.8, 4) is 17.6 Å². The van der Waals surface area contributed by atoms with E-state index in [4.69, 9.17) is 20.5 Å². The fourth-order valence-corrected chi connectivity index (χ4v) is 1.67. The van der Waals surface area contributed by atoms with Gasteiger partial charge in [-0.1, -0.05) is 0 Å². The van der Waals surface area contributed by atoms with Crippen LogP contribution in [0, 0.1) is 16.7 Å². The van der Waals surface area contributed by atoms with Crippen LogP contribution >= 0.6 is 0 Å². The Hall–Kier alpha value is -1.73. The number of nitriles is 1. The lowest BCUT2D eigenvalue weighted by molar-refractivity contribution is 0.229. The summed E-state index contributed by atoms with van der Waals surface area (Å²) in [4.78, 5) is 0. The molecule has 0 bridgehead atoms. The quantitative estimate of drug-likeness (QED) is 0.838. The molecule has 1 aliphatic carbocycles. The number of methoxy groups -OCH3 is 1. The van der Waals surface area contributed by atoms with E-state index in [0.717, 1.165) is 12.8 Å². The van der Waals surface area contributed by atoms with Crippen molar-refractivity contribution in [2.24, 2.45) is 11.1 Å². The van der Waals surface area contributed by atoms with Crippen molar-refractivity contribution in [2.45, 2.75) is 12.8 Å². The van der Waals surface area contributed by atoms with E-state index in [1.54, 1.807) is 25.3 Å². The van der Waals surface area contributed by atoms with Gasteiger partial charge in [0.05, 0.1) is 25.3 Å². The molecule has 0 amide bonds. The molecule has 90 valence electrons. The highest BCUT2D eigenvalue weighted by molar-refractivity contribution is 5.46. The maximum atomic E-state index is 8.79. The molecule has 2 rings (SSSR count). The molecule has 4 heteroatoms. The average Bonchev–Trinajstić information content (AvgIpc) is 3.16. The predicted molar refractivity (Wildman–Crippen MR) is 63.9 cm³/mol. The summed E-state index contributed by atoms with van der Waals surface area (Å²) in [5, 5.41) is 8.79. The van der Waals surface area contributed by atoms with E-state index < -0.39 is 0 Å². The maximum Gasteiger partial charge on any atom is 0.162 e. The molecule has 0 spiro atoms. The molecule has 0 unspecified atom stereocenters. The number of rotatable bonds is 5. The summed E-state index contributed by atoms with van der Waals surface area (Å²) in [6.07, 6.45) is 2.25. The largest absolute Gasteiger partial charge is 0.493 e. The predicted octanol–water partition coefficient (Wildman–Crippen LogP) is 1.68. The molecule has 0 heterocycles. The van der Waals surface area contributed by atoms with E-state index in [1.165, 1.54) is 0 Å². The van der Waals surface area contributed by atoms with E-state index in [9.17, 15) is 0 Å². The number of hydrogen-bond acceptors (Lipinski definition) is 4. The number of benzene rings is 1. The molecule has 1 aliphatic rings. The van der Waals surface area contributed by atoms with Gasteiger partial charge in [0.15, 0.2) is 11.5 Å². The molecule has 1 fully saturated rings. The monoisotopic (exact) mass is 232 g/mol. The van der Waals surface area contributed by atoms with Gasteiger partial charge in [0.25, 0.3) is 0 Å². The van der Waals surface area contributed by atoms with Gasteiger partial charge in [-0.05, 0) is 25.0 Å². The lowest BCUT2D eigenvalue weighted by Crippen LogP contribution is -2.22. The van der Waals surface area contributed by atoms with Gasteiger partial charge in [0, 0.05) is 18.0 Å².